The van der Waals surface area contributed by atoms with E-state index in [1.54, 1.807) is 18.2 Å². The highest BCUT2D eigenvalue weighted by atomic mass is 16.4. The van der Waals surface area contributed by atoms with Crippen molar-refractivity contribution >= 4 is 11.8 Å². The monoisotopic (exact) mass is 237 g/mol. The Kier molecular flexibility index (Phi) is 3.62. The van der Waals surface area contributed by atoms with Crippen molar-refractivity contribution in [2.45, 2.75) is 0 Å². The molecular formula is C15H11NO2. The molecule has 2 aromatic rings. The van der Waals surface area contributed by atoms with Gasteiger partial charge in [-0.1, -0.05) is 42.2 Å². The summed E-state index contributed by atoms with van der Waals surface area (Å²) >= 11 is 0. The molecule has 0 saturated carbocycles. The Morgan fingerprint density at radius 1 is 0.944 bits per heavy atom. The highest BCUT2D eigenvalue weighted by Crippen LogP contribution is 2.13. The number of nitrogens with one attached hydrogen (secondary N) is 1. The zero-order chi connectivity index (χ0) is 12.8. The standard InChI is InChI=1S/C15H11NO2/c17-15(18)16-14-9-5-4-8-13(14)11-10-12-6-2-1-3-7-12/h1-9,16H,(H,17,18). The molecule has 2 aromatic carbocycles. The highest BCUT2D eigenvalue weighted by molar-refractivity contribution is 5.85. The predicted octanol–water partition coefficient (Wildman–Crippen LogP) is 3.18. The van der Waals surface area contributed by atoms with Crippen molar-refractivity contribution in [2.75, 3.05) is 5.32 Å². The van der Waals surface area contributed by atoms with E-state index in [9.17, 15) is 4.79 Å². The Hall–Kier alpha value is -2.73. The quantitative estimate of drug-likeness (QED) is 0.748. The first-order valence-electron chi connectivity index (χ1n) is 5.42. The Balaban J connectivity index is 2.30. The summed E-state index contributed by atoms with van der Waals surface area (Å²) < 4.78 is 0. The maximum atomic E-state index is 10.6. The van der Waals surface area contributed by atoms with Crippen LogP contribution in [0.25, 0.3) is 0 Å². The molecule has 0 spiro atoms. The predicted molar refractivity (Wildman–Crippen MR) is 70.5 cm³/mol. The lowest BCUT2D eigenvalue weighted by molar-refractivity contribution is 0.209. The molecule has 0 saturated heterocycles. The minimum absolute atomic E-state index is 0.494. The first kappa shape index (κ1) is 11.7. The molecule has 88 valence electrons. The lowest BCUT2D eigenvalue weighted by Gasteiger charge is -2.02. The third-order valence-corrected chi connectivity index (χ3v) is 2.28. The Labute approximate surface area is 105 Å². The lowest BCUT2D eigenvalue weighted by atomic mass is 10.1. The summed E-state index contributed by atoms with van der Waals surface area (Å²) in [7, 11) is 0. The van der Waals surface area contributed by atoms with Crippen molar-refractivity contribution < 1.29 is 9.90 Å². The van der Waals surface area contributed by atoms with E-state index in [2.05, 4.69) is 17.2 Å². The fourth-order valence-electron chi connectivity index (χ4n) is 1.48. The molecule has 0 atom stereocenters. The molecule has 3 nitrogen and oxygen atoms in total. The SMILES string of the molecule is O=C(O)Nc1ccccc1C#Cc1ccccc1. The Morgan fingerprint density at radius 3 is 2.33 bits per heavy atom. The van der Waals surface area contributed by atoms with Crippen molar-refractivity contribution in [3.05, 3.63) is 65.7 Å². The van der Waals surface area contributed by atoms with Gasteiger partial charge in [-0.15, -0.1) is 0 Å². The molecule has 0 aliphatic carbocycles. The smallest absolute Gasteiger partial charge is 0.409 e. The zero-order valence-corrected chi connectivity index (χ0v) is 9.55. The number of hydrogen-bond donors (Lipinski definition) is 2. The van der Waals surface area contributed by atoms with Gasteiger partial charge in [-0.05, 0) is 24.3 Å². The Morgan fingerprint density at radius 2 is 1.61 bits per heavy atom. The average molecular weight is 237 g/mol. The van der Waals surface area contributed by atoms with Crippen LogP contribution in [0, 0.1) is 11.8 Å². The number of anilines is 1. The first-order valence-corrected chi connectivity index (χ1v) is 5.42. The number of carboxylic acid groups (broad SMARTS) is 1. The fourth-order valence-corrected chi connectivity index (χ4v) is 1.48. The van der Waals surface area contributed by atoms with Gasteiger partial charge >= 0.3 is 6.09 Å². The molecule has 3 heteroatoms. The molecule has 18 heavy (non-hydrogen) atoms. The molecule has 0 unspecified atom stereocenters. The summed E-state index contributed by atoms with van der Waals surface area (Å²) in [6.07, 6.45) is -1.09. The van der Waals surface area contributed by atoms with Gasteiger partial charge in [0.1, 0.15) is 0 Å². The van der Waals surface area contributed by atoms with Crippen LogP contribution in [-0.2, 0) is 0 Å². The van der Waals surface area contributed by atoms with Gasteiger partial charge in [0.2, 0.25) is 0 Å². The van der Waals surface area contributed by atoms with E-state index < -0.39 is 6.09 Å². The lowest BCUT2D eigenvalue weighted by Crippen LogP contribution is -2.08. The van der Waals surface area contributed by atoms with Crippen molar-refractivity contribution in [3.63, 3.8) is 0 Å². The van der Waals surface area contributed by atoms with Gasteiger partial charge in [0.25, 0.3) is 0 Å². The summed E-state index contributed by atoms with van der Waals surface area (Å²) in [4.78, 5) is 10.6. The van der Waals surface area contributed by atoms with Crippen molar-refractivity contribution in [3.8, 4) is 11.8 Å². The van der Waals surface area contributed by atoms with Gasteiger partial charge in [0, 0.05) is 11.1 Å². The minimum atomic E-state index is -1.09. The zero-order valence-electron chi connectivity index (χ0n) is 9.55. The van der Waals surface area contributed by atoms with E-state index in [-0.39, 0.29) is 0 Å². The van der Waals surface area contributed by atoms with Crippen molar-refractivity contribution in [2.24, 2.45) is 0 Å². The van der Waals surface area contributed by atoms with Crippen LogP contribution in [0.2, 0.25) is 0 Å². The largest absolute Gasteiger partial charge is 0.465 e. The second kappa shape index (κ2) is 5.55. The summed E-state index contributed by atoms with van der Waals surface area (Å²) in [6, 6.07) is 16.6. The van der Waals surface area contributed by atoms with Crippen LogP contribution in [0.15, 0.2) is 54.6 Å². The van der Waals surface area contributed by atoms with Crippen LogP contribution in [0.4, 0.5) is 10.5 Å². The molecular weight excluding hydrogens is 226 g/mol. The maximum Gasteiger partial charge on any atom is 0.409 e. The molecule has 2 N–H and O–H groups in total. The van der Waals surface area contributed by atoms with Gasteiger partial charge in [0.15, 0.2) is 0 Å². The number of hydrogen-bond acceptors (Lipinski definition) is 1. The number of rotatable bonds is 1. The second-order valence-electron chi connectivity index (χ2n) is 3.59. The van der Waals surface area contributed by atoms with Crippen LogP contribution in [-0.4, -0.2) is 11.2 Å². The average Bonchev–Trinajstić information content (AvgIpc) is 2.38. The molecule has 0 aromatic heterocycles. The third kappa shape index (κ3) is 3.13. The van der Waals surface area contributed by atoms with Crippen LogP contribution in [0.3, 0.4) is 0 Å². The van der Waals surface area contributed by atoms with Crippen LogP contribution >= 0.6 is 0 Å². The van der Waals surface area contributed by atoms with E-state index in [0.717, 1.165) is 5.56 Å². The first-order chi connectivity index (χ1) is 8.75. The number of amides is 1. The van der Waals surface area contributed by atoms with E-state index in [4.69, 9.17) is 5.11 Å². The van der Waals surface area contributed by atoms with E-state index >= 15 is 0 Å². The summed E-state index contributed by atoms with van der Waals surface area (Å²) in [5.74, 6) is 5.95. The molecule has 2 rings (SSSR count). The van der Waals surface area contributed by atoms with Gasteiger partial charge < -0.3 is 5.11 Å². The summed E-state index contributed by atoms with van der Waals surface area (Å²) in [5, 5.41) is 11.0. The molecule has 1 amide bonds. The fraction of sp³-hybridized carbons (Fsp3) is 0. The van der Waals surface area contributed by atoms with Gasteiger partial charge in [-0.3, -0.25) is 5.32 Å². The maximum absolute atomic E-state index is 10.6. The summed E-state index contributed by atoms with van der Waals surface area (Å²) in [5.41, 5.74) is 2.04. The molecule has 0 radical (unpaired) electrons. The van der Waals surface area contributed by atoms with Gasteiger partial charge in [-0.25, -0.2) is 4.79 Å². The van der Waals surface area contributed by atoms with Crippen molar-refractivity contribution in [1.82, 2.24) is 0 Å². The number of carbonyl (C=O) groups is 1. The highest BCUT2D eigenvalue weighted by Gasteiger charge is 2.01. The molecule has 0 aliphatic heterocycles. The third-order valence-electron chi connectivity index (χ3n) is 2.28. The van der Waals surface area contributed by atoms with E-state index in [1.807, 2.05) is 36.4 Å². The van der Waals surface area contributed by atoms with Gasteiger partial charge in [-0.2, -0.15) is 0 Å². The van der Waals surface area contributed by atoms with E-state index in [1.165, 1.54) is 0 Å². The molecule has 0 bridgehead atoms. The molecule has 0 heterocycles. The molecule has 0 fully saturated rings. The topological polar surface area (TPSA) is 49.3 Å². The Bertz CT molecular complexity index is 609. The number of benzene rings is 2. The molecule has 0 aliphatic rings. The van der Waals surface area contributed by atoms with Crippen LogP contribution in [0.5, 0.6) is 0 Å². The van der Waals surface area contributed by atoms with E-state index in [0.29, 0.717) is 11.3 Å². The normalized spacial score (nSPS) is 9.11. The van der Waals surface area contributed by atoms with Gasteiger partial charge in [0.05, 0.1) is 5.69 Å². The minimum Gasteiger partial charge on any atom is -0.465 e. The summed E-state index contributed by atoms with van der Waals surface area (Å²) in [6.45, 7) is 0. The second-order valence-corrected chi connectivity index (χ2v) is 3.59. The number of para-hydroxylation sites is 1. The van der Waals surface area contributed by atoms with Crippen LogP contribution < -0.4 is 5.32 Å². The van der Waals surface area contributed by atoms with Crippen molar-refractivity contribution in [1.29, 1.82) is 0 Å². The van der Waals surface area contributed by atoms with Crippen LogP contribution in [0.1, 0.15) is 11.1 Å².